The van der Waals surface area contributed by atoms with Crippen molar-refractivity contribution in [1.29, 1.82) is 0 Å². The Morgan fingerprint density at radius 3 is 3.12 bits per heavy atom. The van der Waals surface area contributed by atoms with Crippen molar-refractivity contribution in [3.05, 3.63) is 18.2 Å². The van der Waals surface area contributed by atoms with Gasteiger partial charge in [-0.1, -0.05) is 6.92 Å². The molecule has 4 nitrogen and oxygen atoms in total. The van der Waals surface area contributed by atoms with Gasteiger partial charge in [-0.25, -0.2) is 4.98 Å². The third-order valence-electron chi connectivity index (χ3n) is 3.50. The highest BCUT2D eigenvalue weighted by Gasteiger charge is 2.22. The SMILES string of the molecule is CCCn1ccnc1CNCC1CCC(O)C1. The van der Waals surface area contributed by atoms with Crippen molar-refractivity contribution in [2.24, 2.45) is 5.92 Å². The molecule has 0 aromatic carbocycles. The maximum absolute atomic E-state index is 9.45. The van der Waals surface area contributed by atoms with Crippen LogP contribution in [0, 0.1) is 5.92 Å². The monoisotopic (exact) mass is 237 g/mol. The Labute approximate surface area is 103 Å². The highest BCUT2D eigenvalue weighted by molar-refractivity contribution is 4.92. The molecule has 1 fully saturated rings. The summed E-state index contributed by atoms with van der Waals surface area (Å²) in [6.07, 6.45) is 8.05. The van der Waals surface area contributed by atoms with Crippen LogP contribution in [-0.2, 0) is 13.1 Å². The molecular formula is C13H23N3O. The van der Waals surface area contributed by atoms with Gasteiger partial charge in [-0.3, -0.25) is 0 Å². The van der Waals surface area contributed by atoms with E-state index in [1.165, 1.54) is 0 Å². The fourth-order valence-corrected chi connectivity index (χ4v) is 2.57. The van der Waals surface area contributed by atoms with Crippen molar-refractivity contribution in [2.45, 2.75) is 51.8 Å². The quantitative estimate of drug-likeness (QED) is 0.789. The number of aryl methyl sites for hydroxylation is 1. The zero-order valence-corrected chi connectivity index (χ0v) is 10.6. The molecule has 2 atom stereocenters. The van der Waals surface area contributed by atoms with E-state index < -0.39 is 0 Å². The van der Waals surface area contributed by atoms with Gasteiger partial charge in [0.2, 0.25) is 0 Å². The molecule has 96 valence electrons. The zero-order chi connectivity index (χ0) is 12.1. The number of rotatable bonds is 6. The molecule has 1 aromatic rings. The van der Waals surface area contributed by atoms with Crippen LogP contribution in [0.2, 0.25) is 0 Å². The van der Waals surface area contributed by atoms with Gasteiger partial charge in [0.15, 0.2) is 0 Å². The summed E-state index contributed by atoms with van der Waals surface area (Å²) in [5.74, 6) is 1.75. The van der Waals surface area contributed by atoms with E-state index >= 15 is 0 Å². The van der Waals surface area contributed by atoms with E-state index in [1.807, 2.05) is 12.4 Å². The summed E-state index contributed by atoms with van der Waals surface area (Å²) in [4.78, 5) is 4.36. The highest BCUT2D eigenvalue weighted by atomic mass is 16.3. The largest absolute Gasteiger partial charge is 0.393 e. The first-order chi connectivity index (χ1) is 8.29. The van der Waals surface area contributed by atoms with Crippen molar-refractivity contribution in [3.63, 3.8) is 0 Å². The van der Waals surface area contributed by atoms with Crippen molar-refractivity contribution in [3.8, 4) is 0 Å². The molecule has 1 aliphatic carbocycles. The summed E-state index contributed by atoms with van der Waals surface area (Å²) < 4.78 is 2.20. The average molecular weight is 237 g/mol. The molecule has 2 rings (SSSR count). The van der Waals surface area contributed by atoms with Crippen molar-refractivity contribution in [2.75, 3.05) is 6.54 Å². The average Bonchev–Trinajstić information content (AvgIpc) is 2.90. The highest BCUT2D eigenvalue weighted by Crippen LogP contribution is 2.24. The molecular weight excluding hydrogens is 214 g/mol. The lowest BCUT2D eigenvalue weighted by molar-refractivity contribution is 0.177. The summed E-state index contributed by atoms with van der Waals surface area (Å²) in [5, 5.41) is 12.9. The lowest BCUT2D eigenvalue weighted by atomic mass is 10.1. The molecule has 0 spiro atoms. The Balaban J connectivity index is 1.72. The van der Waals surface area contributed by atoms with E-state index in [0.29, 0.717) is 5.92 Å². The third-order valence-corrected chi connectivity index (χ3v) is 3.50. The van der Waals surface area contributed by atoms with Crippen molar-refractivity contribution < 1.29 is 5.11 Å². The minimum Gasteiger partial charge on any atom is -0.393 e. The van der Waals surface area contributed by atoms with Crippen LogP contribution in [0.15, 0.2) is 12.4 Å². The van der Waals surface area contributed by atoms with Gasteiger partial charge < -0.3 is 15.0 Å². The Morgan fingerprint density at radius 2 is 2.41 bits per heavy atom. The van der Waals surface area contributed by atoms with Crippen LogP contribution in [0.25, 0.3) is 0 Å². The Morgan fingerprint density at radius 1 is 1.53 bits per heavy atom. The van der Waals surface area contributed by atoms with Gasteiger partial charge in [-0.2, -0.15) is 0 Å². The second-order valence-electron chi connectivity index (χ2n) is 5.00. The molecule has 1 heterocycles. The third kappa shape index (κ3) is 3.54. The molecule has 1 aliphatic rings. The second kappa shape index (κ2) is 6.17. The van der Waals surface area contributed by atoms with Gasteiger partial charge in [0, 0.05) is 18.9 Å². The van der Waals surface area contributed by atoms with E-state index in [1.54, 1.807) is 0 Å². The minimum atomic E-state index is -0.0659. The summed E-state index contributed by atoms with van der Waals surface area (Å²) in [6, 6.07) is 0. The first kappa shape index (κ1) is 12.6. The van der Waals surface area contributed by atoms with Crippen LogP contribution in [0.4, 0.5) is 0 Å². The van der Waals surface area contributed by atoms with Crippen LogP contribution >= 0.6 is 0 Å². The molecule has 1 aromatic heterocycles. The topological polar surface area (TPSA) is 50.1 Å². The molecule has 0 saturated heterocycles. The standard InChI is InChI=1S/C13H23N3O/c1-2-6-16-7-5-15-13(16)10-14-9-11-3-4-12(17)8-11/h5,7,11-12,14,17H,2-4,6,8-10H2,1H3. The van der Waals surface area contributed by atoms with Crippen molar-refractivity contribution in [1.82, 2.24) is 14.9 Å². The van der Waals surface area contributed by atoms with Crippen LogP contribution in [0.3, 0.4) is 0 Å². The Kier molecular flexibility index (Phi) is 4.57. The molecule has 2 unspecified atom stereocenters. The number of aromatic nitrogens is 2. The summed E-state index contributed by atoms with van der Waals surface area (Å²) in [7, 11) is 0. The second-order valence-corrected chi connectivity index (χ2v) is 5.00. The van der Waals surface area contributed by atoms with E-state index in [0.717, 1.165) is 51.1 Å². The maximum Gasteiger partial charge on any atom is 0.122 e. The summed E-state index contributed by atoms with van der Waals surface area (Å²) >= 11 is 0. The number of imidazole rings is 1. The smallest absolute Gasteiger partial charge is 0.122 e. The van der Waals surface area contributed by atoms with Crippen LogP contribution in [0.5, 0.6) is 0 Å². The molecule has 17 heavy (non-hydrogen) atoms. The number of nitrogens with zero attached hydrogens (tertiary/aromatic N) is 2. The molecule has 0 aliphatic heterocycles. The first-order valence-electron chi connectivity index (χ1n) is 6.68. The maximum atomic E-state index is 9.45. The lowest BCUT2D eigenvalue weighted by Crippen LogP contribution is -2.23. The van der Waals surface area contributed by atoms with E-state index in [2.05, 4.69) is 21.8 Å². The minimum absolute atomic E-state index is 0.0659. The molecule has 2 N–H and O–H groups in total. The number of aliphatic hydroxyl groups excluding tert-OH is 1. The molecule has 0 amide bonds. The number of hydrogen-bond donors (Lipinski definition) is 2. The Bertz CT molecular complexity index is 337. The van der Waals surface area contributed by atoms with E-state index in [4.69, 9.17) is 0 Å². The van der Waals surface area contributed by atoms with Crippen LogP contribution < -0.4 is 5.32 Å². The summed E-state index contributed by atoms with van der Waals surface area (Å²) in [6.45, 7) is 5.05. The number of aliphatic hydroxyl groups is 1. The predicted octanol–water partition coefficient (Wildman–Crippen LogP) is 1.54. The van der Waals surface area contributed by atoms with Crippen LogP contribution in [0.1, 0.15) is 38.4 Å². The predicted molar refractivity (Wildman–Crippen MR) is 67.6 cm³/mol. The lowest BCUT2D eigenvalue weighted by Gasteiger charge is -2.11. The van der Waals surface area contributed by atoms with Crippen molar-refractivity contribution >= 4 is 0 Å². The first-order valence-corrected chi connectivity index (χ1v) is 6.68. The van der Waals surface area contributed by atoms with E-state index in [9.17, 15) is 5.11 Å². The van der Waals surface area contributed by atoms with Gasteiger partial charge in [-0.15, -0.1) is 0 Å². The van der Waals surface area contributed by atoms with Gasteiger partial charge in [0.1, 0.15) is 5.82 Å². The summed E-state index contributed by atoms with van der Waals surface area (Å²) in [5.41, 5.74) is 0. The number of hydrogen-bond acceptors (Lipinski definition) is 3. The Hall–Kier alpha value is -0.870. The fourth-order valence-electron chi connectivity index (χ4n) is 2.57. The van der Waals surface area contributed by atoms with E-state index in [-0.39, 0.29) is 6.10 Å². The number of nitrogens with one attached hydrogen (secondary N) is 1. The molecule has 4 heteroatoms. The van der Waals surface area contributed by atoms with Crippen LogP contribution in [-0.4, -0.2) is 27.3 Å². The normalized spacial score (nSPS) is 24.4. The molecule has 1 saturated carbocycles. The molecule has 0 bridgehead atoms. The van der Waals surface area contributed by atoms with Gasteiger partial charge in [-0.05, 0) is 38.1 Å². The fraction of sp³-hybridized carbons (Fsp3) is 0.769. The molecule has 0 radical (unpaired) electrons. The zero-order valence-electron chi connectivity index (χ0n) is 10.6. The van der Waals surface area contributed by atoms with Gasteiger partial charge in [0.05, 0.1) is 12.6 Å². The van der Waals surface area contributed by atoms with Gasteiger partial charge in [0.25, 0.3) is 0 Å². The van der Waals surface area contributed by atoms with Gasteiger partial charge >= 0.3 is 0 Å².